The number of ether oxygens (including phenoxy) is 1. The molecule has 2 aromatic carbocycles. The lowest BCUT2D eigenvalue weighted by molar-refractivity contribution is 0.0952. The summed E-state index contributed by atoms with van der Waals surface area (Å²) in [5, 5.41) is 12.7. The van der Waals surface area contributed by atoms with Gasteiger partial charge in [-0.2, -0.15) is 10.4 Å². The highest BCUT2D eigenvalue weighted by molar-refractivity contribution is 5.97. The average Bonchev–Trinajstić information content (AvgIpc) is 3.16. The summed E-state index contributed by atoms with van der Waals surface area (Å²) in [5.74, 6) is 1.23. The minimum atomic E-state index is -0.377. The second-order valence-corrected chi connectivity index (χ2v) is 5.29. The maximum absolute atomic E-state index is 12.1. The van der Waals surface area contributed by atoms with Gasteiger partial charge >= 0.3 is 0 Å². The highest BCUT2D eigenvalue weighted by Crippen LogP contribution is 2.22. The van der Waals surface area contributed by atoms with Crippen LogP contribution in [0.1, 0.15) is 21.7 Å². The molecule has 1 heterocycles. The summed E-state index contributed by atoms with van der Waals surface area (Å²) in [6.45, 7) is 0. The van der Waals surface area contributed by atoms with Gasteiger partial charge < -0.3 is 9.15 Å². The third kappa shape index (κ3) is 3.79. The Balaban J connectivity index is 1.67. The summed E-state index contributed by atoms with van der Waals surface area (Å²) in [6.07, 6.45) is 1.42. The predicted octanol–water partition coefficient (Wildman–Crippen LogP) is 3.59. The van der Waals surface area contributed by atoms with Crippen molar-refractivity contribution in [2.45, 2.75) is 0 Å². The van der Waals surface area contributed by atoms with Crippen molar-refractivity contribution in [1.82, 2.24) is 5.43 Å². The van der Waals surface area contributed by atoms with Crippen LogP contribution < -0.4 is 10.2 Å². The number of nitrogens with zero attached hydrogens (tertiary/aromatic N) is 2. The van der Waals surface area contributed by atoms with Gasteiger partial charge in [-0.15, -0.1) is 0 Å². The Morgan fingerprint density at radius 2 is 1.92 bits per heavy atom. The molecule has 0 aliphatic rings. The lowest BCUT2D eigenvalue weighted by Crippen LogP contribution is -2.18. The molecule has 3 aromatic rings. The van der Waals surface area contributed by atoms with Crippen LogP contribution in [0.4, 0.5) is 0 Å². The van der Waals surface area contributed by atoms with E-state index in [2.05, 4.69) is 16.6 Å². The van der Waals surface area contributed by atoms with Gasteiger partial charge in [-0.05, 0) is 48.5 Å². The molecule has 1 aromatic heterocycles. The normalized spacial score (nSPS) is 10.5. The van der Waals surface area contributed by atoms with E-state index in [0.717, 1.165) is 5.56 Å². The Morgan fingerprint density at radius 3 is 2.65 bits per heavy atom. The minimum Gasteiger partial charge on any atom is -0.496 e. The summed E-state index contributed by atoms with van der Waals surface area (Å²) in [6, 6.07) is 19.6. The van der Waals surface area contributed by atoms with Crippen molar-refractivity contribution in [3.63, 3.8) is 0 Å². The molecule has 128 valence electrons. The van der Waals surface area contributed by atoms with E-state index in [1.54, 1.807) is 48.5 Å². The van der Waals surface area contributed by atoms with Gasteiger partial charge in [0.15, 0.2) is 0 Å². The molecule has 0 atom stereocenters. The van der Waals surface area contributed by atoms with Gasteiger partial charge in [0.1, 0.15) is 17.3 Å². The number of nitrogens with one attached hydrogen (secondary N) is 1. The van der Waals surface area contributed by atoms with Crippen LogP contribution >= 0.6 is 0 Å². The molecule has 0 spiro atoms. The van der Waals surface area contributed by atoms with Crippen LogP contribution in [0.15, 0.2) is 70.2 Å². The first-order valence-electron chi connectivity index (χ1n) is 7.78. The van der Waals surface area contributed by atoms with E-state index in [1.165, 1.54) is 13.3 Å². The molecule has 1 amide bonds. The molecule has 0 aliphatic heterocycles. The number of rotatable bonds is 5. The van der Waals surface area contributed by atoms with E-state index in [-0.39, 0.29) is 5.91 Å². The van der Waals surface area contributed by atoms with E-state index in [1.807, 2.05) is 12.1 Å². The van der Waals surface area contributed by atoms with Gasteiger partial charge in [0, 0.05) is 5.56 Å². The summed E-state index contributed by atoms with van der Waals surface area (Å²) in [5.41, 5.74) is 4.27. The van der Waals surface area contributed by atoms with Crippen molar-refractivity contribution in [2.24, 2.45) is 5.10 Å². The Labute approximate surface area is 150 Å². The summed E-state index contributed by atoms with van der Waals surface area (Å²) < 4.78 is 10.8. The van der Waals surface area contributed by atoms with Gasteiger partial charge in [-0.3, -0.25) is 4.79 Å². The summed E-state index contributed by atoms with van der Waals surface area (Å²) in [4.78, 5) is 12.1. The standard InChI is InChI=1S/C20H15N3O3/c1-25-19-5-3-2-4-17(19)20(24)23-22-13-16-10-11-18(26-16)15-8-6-14(12-21)7-9-15/h2-11,13H,1H3,(H,23,24)/b22-13-. The van der Waals surface area contributed by atoms with Crippen LogP contribution in [0.25, 0.3) is 11.3 Å². The van der Waals surface area contributed by atoms with E-state index in [4.69, 9.17) is 14.4 Å². The fraction of sp³-hybridized carbons (Fsp3) is 0.0500. The van der Waals surface area contributed by atoms with Crippen molar-refractivity contribution in [3.05, 3.63) is 77.6 Å². The lowest BCUT2D eigenvalue weighted by Gasteiger charge is -2.05. The Hall–Kier alpha value is -3.85. The highest BCUT2D eigenvalue weighted by Gasteiger charge is 2.10. The number of nitriles is 1. The first-order chi connectivity index (χ1) is 12.7. The second-order valence-electron chi connectivity index (χ2n) is 5.29. The van der Waals surface area contributed by atoms with Crippen molar-refractivity contribution in [1.29, 1.82) is 5.26 Å². The van der Waals surface area contributed by atoms with Crippen LogP contribution in [-0.2, 0) is 0 Å². The molecule has 26 heavy (non-hydrogen) atoms. The summed E-state index contributed by atoms with van der Waals surface area (Å²) >= 11 is 0. The molecule has 0 saturated carbocycles. The summed E-state index contributed by atoms with van der Waals surface area (Å²) in [7, 11) is 1.50. The van der Waals surface area contributed by atoms with E-state index in [9.17, 15) is 4.79 Å². The number of hydrogen-bond donors (Lipinski definition) is 1. The van der Waals surface area contributed by atoms with E-state index < -0.39 is 0 Å². The lowest BCUT2D eigenvalue weighted by atomic mass is 10.1. The van der Waals surface area contributed by atoms with Crippen molar-refractivity contribution in [3.8, 4) is 23.1 Å². The van der Waals surface area contributed by atoms with Gasteiger partial charge in [0.05, 0.1) is 30.5 Å². The number of methoxy groups -OCH3 is 1. The number of furan rings is 1. The number of para-hydroxylation sites is 1. The number of carbonyl (C=O) groups is 1. The van der Waals surface area contributed by atoms with Crippen molar-refractivity contribution in [2.75, 3.05) is 7.11 Å². The van der Waals surface area contributed by atoms with Crippen LogP contribution in [0.3, 0.4) is 0 Å². The number of carbonyl (C=O) groups excluding carboxylic acids is 1. The third-order valence-corrected chi connectivity index (χ3v) is 3.63. The maximum Gasteiger partial charge on any atom is 0.275 e. The fourth-order valence-corrected chi connectivity index (χ4v) is 2.33. The van der Waals surface area contributed by atoms with Crippen LogP contribution in [0.2, 0.25) is 0 Å². The third-order valence-electron chi connectivity index (χ3n) is 3.63. The van der Waals surface area contributed by atoms with Gasteiger partial charge in [-0.25, -0.2) is 5.43 Å². The largest absolute Gasteiger partial charge is 0.496 e. The molecular weight excluding hydrogens is 330 g/mol. The SMILES string of the molecule is COc1ccccc1C(=O)N/N=C\c1ccc(-c2ccc(C#N)cc2)o1. The molecule has 1 N–H and O–H groups in total. The number of hydrazone groups is 1. The van der Waals surface area contributed by atoms with Crippen LogP contribution in [0, 0.1) is 11.3 Å². The van der Waals surface area contributed by atoms with E-state index >= 15 is 0 Å². The zero-order valence-electron chi connectivity index (χ0n) is 14.0. The van der Waals surface area contributed by atoms with Crippen molar-refractivity contribution < 1.29 is 13.9 Å². The molecule has 0 saturated heterocycles. The number of benzene rings is 2. The van der Waals surface area contributed by atoms with Gasteiger partial charge in [0.25, 0.3) is 5.91 Å². The molecule has 3 rings (SSSR count). The quantitative estimate of drug-likeness (QED) is 0.565. The minimum absolute atomic E-state index is 0.377. The van der Waals surface area contributed by atoms with E-state index in [0.29, 0.717) is 28.4 Å². The topological polar surface area (TPSA) is 87.6 Å². The molecule has 0 aliphatic carbocycles. The highest BCUT2D eigenvalue weighted by atomic mass is 16.5. The second kappa shape index (κ2) is 7.81. The van der Waals surface area contributed by atoms with Crippen LogP contribution in [0.5, 0.6) is 5.75 Å². The zero-order chi connectivity index (χ0) is 18.4. The van der Waals surface area contributed by atoms with Gasteiger partial charge in [0.2, 0.25) is 0 Å². The fourth-order valence-electron chi connectivity index (χ4n) is 2.33. The monoisotopic (exact) mass is 345 g/mol. The first-order valence-corrected chi connectivity index (χ1v) is 7.78. The van der Waals surface area contributed by atoms with Crippen LogP contribution in [-0.4, -0.2) is 19.2 Å². The molecule has 0 unspecified atom stereocenters. The molecule has 0 bridgehead atoms. The molecule has 6 heteroatoms. The molecule has 0 radical (unpaired) electrons. The number of hydrogen-bond acceptors (Lipinski definition) is 5. The van der Waals surface area contributed by atoms with Crippen molar-refractivity contribution >= 4 is 12.1 Å². The molecule has 0 fully saturated rings. The Bertz CT molecular complexity index is 982. The zero-order valence-corrected chi connectivity index (χ0v) is 14.0. The maximum atomic E-state index is 12.1. The average molecular weight is 345 g/mol. The first kappa shape index (κ1) is 17.0. The smallest absolute Gasteiger partial charge is 0.275 e. The predicted molar refractivity (Wildman–Crippen MR) is 96.9 cm³/mol. The molecular formula is C20H15N3O3. The van der Waals surface area contributed by atoms with Gasteiger partial charge in [-0.1, -0.05) is 12.1 Å². The molecule has 6 nitrogen and oxygen atoms in total. The Morgan fingerprint density at radius 1 is 1.15 bits per heavy atom. The Kier molecular flexibility index (Phi) is 5.11. The number of amides is 1.